The van der Waals surface area contributed by atoms with Gasteiger partial charge in [-0.25, -0.2) is 0 Å². The standard InChI is InChI=1S/C16H25N3O3/c1-12(2)19-6-4-5-14(19)16(21)17-10-13-9-15(20)18(11-13)7-8-22-3/h4-6,12-13H,7-11H2,1-3H3,(H,17,21)/t13-/m0/s1. The number of carbonyl (C=O) groups is 2. The highest BCUT2D eigenvalue weighted by atomic mass is 16.5. The van der Waals surface area contributed by atoms with Gasteiger partial charge in [0.05, 0.1) is 6.61 Å². The van der Waals surface area contributed by atoms with Crippen molar-refractivity contribution < 1.29 is 14.3 Å². The topological polar surface area (TPSA) is 63.6 Å². The molecule has 1 fully saturated rings. The number of rotatable bonds is 7. The third-order valence-corrected chi connectivity index (χ3v) is 3.98. The molecule has 1 saturated heterocycles. The van der Waals surface area contributed by atoms with Crippen molar-refractivity contribution in [1.29, 1.82) is 0 Å². The van der Waals surface area contributed by atoms with Crippen LogP contribution in [0.4, 0.5) is 0 Å². The molecule has 1 aromatic rings. The molecular weight excluding hydrogens is 282 g/mol. The molecule has 1 atom stereocenters. The van der Waals surface area contributed by atoms with E-state index < -0.39 is 0 Å². The van der Waals surface area contributed by atoms with Gasteiger partial charge in [-0.05, 0) is 26.0 Å². The van der Waals surface area contributed by atoms with Crippen molar-refractivity contribution in [1.82, 2.24) is 14.8 Å². The molecule has 1 aliphatic rings. The predicted molar refractivity (Wildman–Crippen MR) is 83.7 cm³/mol. The van der Waals surface area contributed by atoms with Crippen molar-refractivity contribution in [3.8, 4) is 0 Å². The number of likely N-dealkylation sites (tertiary alicyclic amines) is 1. The maximum Gasteiger partial charge on any atom is 0.267 e. The van der Waals surface area contributed by atoms with Crippen LogP contribution in [0.1, 0.15) is 36.8 Å². The second-order valence-corrected chi connectivity index (χ2v) is 6.01. The summed E-state index contributed by atoms with van der Waals surface area (Å²) in [6.07, 6.45) is 2.40. The molecule has 1 aliphatic heterocycles. The van der Waals surface area contributed by atoms with Crippen LogP contribution in [0.5, 0.6) is 0 Å². The average molecular weight is 307 g/mol. The third-order valence-electron chi connectivity index (χ3n) is 3.98. The maximum absolute atomic E-state index is 12.3. The Kier molecular flexibility index (Phi) is 5.60. The van der Waals surface area contributed by atoms with Gasteiger partial charge < -0.3 is 19.5 Å². The van der Waals surface area contributed by atoms with E-state index in [1.807, 2.05) is 36.7 Å². The van der Waals surface area contributed by atoms with E-state index in [4.69, 9.17) is 4.74 Å². The van der Waals surface area contributed by atoms with Crippen LogP contribution < -0.4 is 5.32 Å². The highest BCUT2D eigenvalue weighted by molar-refractivity contribution is 5.92. The van der Waals surface area contributed by atoms with E-state index in [2.05, 4.69) is 5.32 Å². The molecule has 0 radical (unpaired) electrons. The van der Waals surface area contributed by atoms with Crippen LogP contribution >= 0.6 is 0 Å². The first kappa shape index (κ1) is 16.5. The molecule has 6 heteroatoms. The maximum atomic E-state index is 12.3. The number of carbonyl (C=O) groups excluding carboxylic acids is 2. The van der Waals surface area contributed by atoms with Crippen molar-refractivity contribution in [2.24, 2.45) is 5.92 Å². The molecule has 0 aliphatic carbocycles. The van der Waals surface area contributed by atoms with Gasteiger partial charge in [-0.2, -0.15) is 0 Å². The molecule has 0 saturated carbocycles. The van der Waals surface area contributed by atoms with E-state index in [9.17, 15) is 9.59 Å². The number of aromatic nitrogens is 1. The molecule has 6 nitrogen and oxygen atoms in total. The normalized spacial score (nSPS) is 18.3. The summed E-state index contributed by atoms with van der Waals surface area (Å²) in [7, 11) is 1.63. The van der Waals surface area contributed by atoms with Crippen LogP contribution in [0.15, 0.2) is 18.3 Å². The van der Waals surface area contributed by atoms with Crippen LogP contribution in [-0.2, 0) is 9.53 Å². The lowest BCUT2D eigenvalue weighted by atomic mass is 10.1. The minimum Gasteiger partial charge on any atom is -0.383 e. The molecule has 2 rings (SSSR count). The number of methoxy groups -OCH3 is 1. The summed E-state index contributed by atoms with van der Waals surface area (Å²) in [5, 5.41) is 2.95. The average Bonchev–Trinajstić information content (AvgIpc) is 3.09. The Hall–Kier alpha value is -1.82. The third kappa shape index (κ3) is 3.88. The van der Waals surface area contributed by atoms with Gasteiger partial charge in [-0.1, -0.05) is 0 Å². The van der Waals surface area contributed by atoms with E-state index in [1.54, 1.807) is 12.0 Å². The number of ether oxygens (including phenoxy) is 1. The van der Waals surface area contributed by atoms with E-state index >= 15 is 0 Å². The number of nitrogens with one attached hydrogen (secondary N) is 1. The quantitative estimate of drug-likeness (QED) is 0.826. The molecule has 0 bridgehead atoms. The zero-order valence-corrected chi connectivity index (χ0v) is 13.5. The lowest BCUT2D eigenvalue weighted by Crippen LogP contribution is -2.33. The van der Waals surface area contributed by atoms with E-state index in [0.717, 1.165) is 0 Å². The van der Waals surface area contributed by atoms with Crippen molar-refractivity contribution in [2.45, 2.75) is 26.3 Å². The highest BCUT2D eigenvalue weighted by Gasteiger charge is 2.29. The van der Waals surface area contributed by atoms with Gasteiger partial charge in [0.15, 0.2) is 0 Å². The number of hydrogen-bond acceptors (Lipinski definition) is 3. The fourth-order valence-corrected chi connectivity index (χ4v) is 2.77. The van der Waals surface area contributed by atoms with Gasteiger partial charge in [-0.3, -0.25) is 9.59 Å². The minimum absolute atomic E-state index is 0.0820. The van der Waals surface area contributed by atoms with Gasteiger partial charge in [-0.15, -0.1) is 0 Å². The smallest absolute Gasteiger partial charge is 0.267 e. The molecule has 2 amide bonds. The Morgan fingerprint density at radius 2 is 2.27 bits per heavy atom. The second-order valence-electron chi connectivity index (χ2n) is 6.01. The SMILES string of the molecule is COCCN1C[C@H](CNC(=O)c2cccn2C(C)C)CC1=O. The Balaban J connectivity index is 1.84. The molecule has 22 heavy (non-hydrogen) atoms. The first-order valence-electron chi connectivity index (χ1n) is 7.74. The minimum atomic E-state index is -0.0820. The van der Waals surface area contributed by atoms with Crippen molar-refractivity contribution in [2.75, 3.05) is 33.4 Å². The molecule has 2 heterocycles. The summed E-state index contributed by atoms with van der Waals surface area (Å²) in [5.41, 5.74) is 0.663. The van der Waals surface area contributed by atoms with E-state index in [1.165, 1.54) is 0 Å². The van der Waals surface area contributed by atoms with Crippen molar-refractivity contribution >= 4 is 11.8 Å². The first-order valence-corrected chi connectivity index (χ1v) is 7.74. The summed E-state index contributed by atoms with van der Waals surface area (Å²) in [6, 6.07) is 3.94. The molecule has 1 N–H and O–H groups in total. The summed E-state index contributed by atoms with van der Waals surface area (Å²) in [6.45, 7) is 6.47. The van der Waals surface area contributed by atoms with Gasteiger partial charge >= 0.3 is 0 Å². The van der Waals surface area contributed by atoms with E-state index in [-0.39, 0.29) is 23.8 Å². The Bertz CT molecular complexity index is 524. The molecular formula is C16H25N3O3. The van der Waals surface area contributed by atoms with Crippen molar-refractivity contribution in [3.05, 3.63) is 24.0 Å². The van der Waals surface area contributed by atoms with Crippen LogP contribution in [-0.4, -0.2) is 54.6 Å². The van der Waals surface area contributed by atoms with Gasteiger partial charge in [0.25, 0.3) is 5.91 Å². The van der Waals surface area contributed by atoms with Gasteiger partial charge in [0.1, 0.15) is 5.69 Å². The summed E-state index contributed by atoms with van der Waals surface area (Å²) in [5.74, 6) is 0.235. The fourth-order valence-electron chi connectivity index (χ4n) is 2.77. The first-order chi connectivity index (χ1) is 10.5. The summed E-state index contributed by atoms with van der Waals surface area (Å²) >= 11 is 0. The molecule has 0 unspecified atom stereocenters. The fraction of sp³-hybridized carbons (Fsp3) is 0.625. The molecule has 0 spiro atoms. The number of hydrogen-bond donors (Lipinski definition) is 1. The molecule has 0 aromatic carbocycles. The Morgan fingerprint density at radius 3 is 2.95 bits per heavy atom. The van der Waals surface area contributed by atoms with Gasteiger partial charge in [0, 0.05) is 51.3 Å². The predicted octanol–water partition coefficient (Wildman–Crippen LogP) is 1.29. The second kappa shape index (κ2) is 7.45. The molecule has 1 aromatic heterocycles. The van der Waals surface area contributed by atoms with Gasteiger partial charge in [0.2, 0.25) is 5.91 Å². The van der Waals surface area contributed by atoms with Crippen LogP contribution in [0, 0.1) is 5.92 Å². The molecule has 122 valence electrons. The highest BCUT2D eigenvalue weighted by Crippen LogP contribution is 2.17. The zero-order chi connectivity index (χ0) is 16.1. The van der Waals surface area contributed by atoms with E-state index in [0.29, 0.717) is 38.4 Å². The van der Waals surface area contributed by atoms with Crippen LogP contribution in [0.3, 0.4) is 0 Å². The monoisotopic (exact) mass is 307 g/mol. The van der Waals surface area contributed by atoms with Crippen molar-refractivity contribution in [3.63, 3.8) is 0 Å². The number of nitrogens with zero attached hydrogens (tertiary/aromatic N) is 2. The Morgan fingerprint density at radius 1 is 1.50 bits per heavy atom. The van der Waals surface area contributed by atoms with Crippen LogP contribution in [0.2, 0.25) is 0 Å². The Labute approximate surface area is 131 Å². The largest absolute Gasteiger partial charge is 0.383 e. The lowest BCUT2D eigenvalue weighted by molar-refractivity contribution is -0.128. The number of amides is 2. The summed E-state index contributed by atoms with van der Waals surface area (Å²) in [4.78, 5) is 25.9. The summed E-state index contributed by atoms with van der Waals surface area (Å²) < 4.78 is 6.95. The van der Waals surface area contributed by atoms with Crippen LogP contribution in [0.25, 0.3) is 0 Å². The lowest BCUT2D eigenvalue weighted by Gasteiger charge is -2.17. The zero-order valence-electron chi connectivity index (χ0n) is 13.5.